The van der Waals surface area contributed by atoms with Crippen molar-refractivity contribution in [2.75, 3.05) is 6.61 Å². The lowest BCUT2D eigenvalue weighted by atomic mass is 10.0. The molecule has 0 saturated heterocycles. The van der Waals surface area contributed by atoms with Gasteiger partial charge in [0.2, 0.25) is 0 Å². The molecule has 1 aliphatic heterocycles. The summed E-state index contributed by atoms with van der Waals surface area (Å²) in [5.41, 5.74) is 1.32. The van der Waals surface area contributed by atoms with E-state index in [9.17, 15) is 9.18 Å². The predicted molar refractivity (Wildman–Crippen MR) is 51.6 cm³/mol. The van der Waals surface area contributed by atoms with Crippen molar-refractivity contribution in [1.29, 1.82) is 0 Å². The van der Waals surface area contributed by atoms with E-state index >= 15 is 0 Å². The van der Waals surface area contributed by atoms with Crippen molar-refractivity contribution in [2.24, 2.45) is 0 Å². The molecule has 1 aliphatic rings. The number of benzene rings is 1. The van der Waals surface area contributed by atoms with Gasteiger partial charge in [-0.2, -0.15) is 0 Å². The van der Waals surface area contributed by atoms with Crippen LogP contribution in [-0.4, -0.2) is 17.7 Å². The van der Waals surface area contributed by atoms with E-state index in [1.165, 1.54) is 6.07 Å². The Morgan fingerprint density at radius 1 is 1.53 bits per heavy atom. The molecule has 0 amide bonds. The van der Waals surface area contributed by atoms with Crippen molar-refractivity contribution in [1.82, 2.24) is 0 Å². The Kier molecular flexibility index (Phi) is 2.58. The Morgan fingerprint density at radius 2 is 2.33 bits per heavy atom. The fraction of sp³-hybridized carbons (Fsp3) is 0.364. The van der Waals surface area contributed by atoms with E-state index in [0.29, 0.717) is 24.3 Å². The number of carboxylic acids is 1. The van der Waals surface area contributed by atoms with Crippen LogP contribution in [0.4, 0.5) is 4.39 Å². The summed E-state index contributed by atoms with van der Waals surface area (Å²) in [6, 6.07) is 2.93. The van der Waals surface area contributed by atoms with E-state index in [2.05, 4.69) is 0 Å². The van der Waals surface area contributed by atoms with Crippen LogP contribution in [0, 0.1) is 5.82 Å². The molecule has 80 valence electrons. The topological polar surface area (TPSA) is 46.5 Å². The quantitative estimate of drug-likeness (QED) is 0.827. The first-order chi connectivity index (χ1) is 7.18. The van der Waals surface area contributed by atoms with Crippen LogP contribution in [0.1, 0.15) is 17.5 Å². The van der Waals surface area contributed by atoms with Crippen molar-refractivity contribution < 1.29 is 19.0 Å². The molecule has 1 aromatic rings. The molecule has 2 rings (SSSR count). The van der Waals surface area contributed by atoms with Gasteiger partial charge in [-0.15, -0.1) is 0 Å². The van der Waals surface area contributed by atoms with Gasteiger partial charge in [0.15, 0.2) is 0 Å². The van der Waals surface area contributed by atoms with E-state index in [0.717, 1.165) is 5.56 Å². The van der Waals surface area contributed by atoms with Crippen LogP contribution in [0.15, 0.2) is 12.1 Å². The number of halogens is 1. The van der Waals surface area contributed by atoms with E-state index in [1.54, 1.807) is 6.07 Å². The zero-order valence-electron chi connectivity index (χ0n) is 8.12. The Bertz CT molecular complexity index is 401. The second-order valence-electron chi connectivity index (χ2n) is 3.49. The maximum absolute atomic E-state index is 13.4. The summed E-state index contributed by atoms with van der Waals surface area (Å²) in [6.07, 6.45) is 0.850. The summed E-state index contributed by atoms with van der Waals surface area (Å²) < 4.78 is 18.7. The van der Waals surface area contributed by atoms with E-state index in [4.69, 9.17) is 9.84 Å². The zero-order valence-corrected chi connectivity index (χ0v) is 8.12. The lowest BCUT2D eigenvalue weighted by molar-refractivity contribution is -0.136. The van der Waals surface area contributed by atoms with Crippen LogP contribution in [0.3, 0.4) is 0 Å². The summed E-state index contributed by atoms with van der Waals surface area (Å²) in [5, 5.41) is 8.56. The number of aliphatic carboxylic acids is 1. The van der Waals surface area contributed by atoms with Gasteiger partial charge < -0.3 is 9.84 Å². The second-order valence-corrected chi connectivity index (χ2v) is 3.49. The Balaban J connectivity index is 2.28. The molecule has 1 aromatic carbocycles. The number of hydrogen-bond acceptors (Lipinski definition) is 2. The molecule has 4 heteroatoms. The molecule has 1 N–H and O–H groups in total. The molecule has 0 aliphatic carbocycles. The molecular formula is C11H11FO3. The maximum atomic E-state index is 13.4. The van der Waals surface area contributed by atoms with Gasteiger partial charge in [0.1, 0.15) is 11.6 Å². The normalized spacial score (nSPS) is 13.4. The zero-order chi connectivity index (χ0) is 10.8. The lowest BCUT2D eigenvalue weighted by Gasteiger charge is -2.06. The fourth-order valence-electron chi connectivity index (χ4n) is 1.82. The first-order valence-corrected chi connectivity index (χ1v) is 4.83. The van der Waals surface area contributed by atoms with E-state index < -0.39 is 5.97 Å². The third-order valence-electron chi connectivity index (χ3n) is 2.53. The second kappa shape index (κ2) is 3.88. The van der Waals surface area contributed by atoms with Crippen molar-refractivity contribution in [2.45, 2.75) is 19.3 Å². The number of hydrogen-bond donors (Lipinski definition) is 1. The maximum Gasteiger partial charge on any atom is 0.303 e. The molecule has 15 heavy (non-hydrogen) atoms. The van der Waals surface area contributed by atoms with Crippen molar-refractivity contribution in [3.8, 4) is 5.75 Å². The number of carbonyl (C=O) groups is 1. The molecule has 0 spiro atoms. The SMILES string of the molecule is O=C(O)CCc1c(F)ccc2c1CCO2. The molecule has 0 saturated carbocycles. The molecular weight excluding hydrogens is 199 g/mol. The largest absolute Gasteiger partial charge is 0.493 e. The molecule has 0 aromatic heterocycles. The summed E-state index contributed by atoms with van der Waals surface area (Å²) >= 11 is 0. The number of fused-ring (bicyclic) bond motifs is 1. The van der Waals surface area contributed by atoms with Gasteiger partial charge in [-0.25, -0.2) is 4.39 Å². The summed E-state index contributed by atoms with van der Waals surface area (Å²) in [5.74, 6) is -0.553. The van der Waals surface area contributed by atoms with Gasteiger partial charge in [0, 0.05) is 18.4 Å². The molecule has 0 bridgehead atoms. The monoisotopic (exact) mass is 210 g/mol. The highest BCUT2D eigenvalue weighted by Crippen LogP contribution is 2.30. The highest BCUT2D eigenvalue weighted by Gasteiger charge is 2.19. The van der Waals surface area contributed by atoms with Crippen molar-refractivity contribution in [3.63, 3.8) is 0 Å². The van der Waals surface area contributed by atoms with Crippen LogP contribution >= 0.6 is 0 Å². The highest BCUT2D eigenvalue weighted by atomic mass is 19.1. The lowest BCUT2D eigenvalue weighted by Crippen LogP contribution is -2.02. The number of carboxylic acid groups (broad SMARTS) is 1. The van der Waals surface area contributed by atoms with Crippen molar-refractivity contribution >= 4 is 5.97 Å². The Hall–Kier alpha value is -1.58. The number of ether oxygens (including phenoxy) is 1. The van der Waals surface area contributed by atoms with E-state index in [1.807, 2.05) is 0 Å². The average molecular weight is 210 g/mol. The predicted octanol–water partition coefficient (Wildman–Crippen LogP) is 1.78. The number of rotatable bonds is 3. The van der Waals surface area contributed by atoms with Gasteiger partial charge in [-0.1, -0.05) is 0 Å². The minimum atomic E-state index is -0.911. The molecule has 1 heterocycles. The minimum absolute atomic E-state index is 0.0482. The Labute approximate surface area is 86.5 Å². The van der Waals surface area contributed by atoms with Gasteiger partial charge >= 0.3 is 5.97 Å². The highest BCUT2D eigenvalue weighted by molar-refractivity contribution is 5.67. The third kappa shape index (κ3) is 1.93. The van der Waals surface area contributed by atoms with Crippen LogP contribution in [0.5, 0.6) is 5.75 Å². The van der Waals surface area contributed by atoms with Crippen LogP contribution < -0.4 is 4.74 Å². The molecule has 0 unspecified atom stereocenters. The smallest absolute Gasteiger partial charge is 0.303 e. The summed E-state index contributed by atoms with van der Waals surface area (Å²) in [6.45, 7) is 0.554. The van der Waals surface area contributed by atoms with Crippen LogP contribution in [0.25, 0.3) is 0 Å². The molecule has 0 radical (unpaired) electrons. The van der Waals surface area contributed by atoms with Gasteiger partial charge in [-0.05, 0) is 24.1 Å². The molecule has 0 fully saturated rings. The van der Waals surface area contributed by atoms with Gasteiger partial charge in [0.25, 0.3) is 0 Å². The summed E-state index contributed by atoms with van der Waals surface area (Å²) in [7, 11) is 0. The minimum Gasteiger partial charge on any atom is -0.493 e. The first-order valence-electron chi connectivity index (χ1n) is 4.83. The third-order valence-corrected chi connectivity index (χ3v) is 2.53. The fourth-order valence-corrected chi connectivity index (χ4v) is 1.82. The Morgan fingerprint density at radius 3 is 3.07 bits per heavy atom. The van der Waals surface area contributed by atoms with Crippen LogP contribution in [0.2, 0.25) is 0 Å². The van der Waals surface area contributed by atoms with Gasteiger partial charge in [0.05, 0.1) is 6.61 Å². The molecule has 0 atom stereocenters. The van der Waals surface area contributed by atoms with Crippen molar-refractivity contribution in [3.05, 3.63) is 29.1 Å². The average Bonchev–Trinajstić information content (AvgIpc) is 2.63. The first kappa shape index (κ1) is 9.96. The molecule has 3 nitrogen and oxygen atoms in total. The van der Waals surface area contributed by atoms with E-state index in [-0.39, 0.29) is 18.7 Å². The van der Waals surface area contributed by atoms with Gasteiger partial charge in [-0.3, -0.25) is 4.79 Å². The summed E-state index contributed by atoms with van der Waals surface area (Å²) in [4.78, 5) is 10.4. The standard InChI is InChI=1S/C11H11FO3/c12-9-2-3-10-8(5-6-15-10)7(9)1-4-11(13)14/h2-3H,1,4-6H2,(H,13,14). The van der Waals surface area contributed by atoms with Crippen LogP contribution in [-0.2, 0) is 17.6 Å².